The van der Waals surface area contributed by atoms with E-state index in [1.165, 1.54) is 6.92 Å². The Hall–Kier alpha value is -2.36. The Bertz CT molecular complexity index is 548. The number of H-pyrrole nitrogens is 1. The van der Waals surface area contributed by atoms with E-state index >= 15 is 0 Å². The number of nitriles is 1. The highest BCUT2D eigenvalue weighted by Gasteiger charge is 2.16. The van der Waals surface area contributed by atoms with Crippen LogP contribution in [0.4, 0.5) is 0 Å². The summed E-state index contributed by atoms with van der Waals surface area (Å²) in [6.07, 6.45) is 0.931. The lowest BCUT2D eigenvalue weighted by Gasteiger charge is -2.08. The standard InChI is InChI=1S/C8H7N3O4/c1-4(7(13)14)11-3-5(2-9)6(12)10-8(11)15/h3-4H,1H3,(H,13,14)(H,10,12,15)/t4-/m0/s1. The molecule has 0 aliphatic heterocycles. The second kappa shape index (κ2) is 3.79. The fourth-order valence-electron chi connectivity index (χ4n) is 0.972. The number of hydrogen-bond acceptors (Lipinski definition) is 4. The van der Waals surface area contributed by atoms with Crippen molar-refractivity contribution in [3.05, 3.63) is 32.6 Å². The van der Waals surface area contributed by atoms with E-state index in [-0.39, 0.29) is 5.56 Å². The number of aromatic amines is 1. The summed E-state index contributed by atoms with van der Waals surface area (Å²) in [7, 11) is 0. The van der Waals surface area contributed by atoms with E-state index in [0.29, 0.717) is 0 Å². The summed E-state index contributed by atoms with van der Waals surface area (Å²) in [5.41, 5.74) is -1.98. The number of rotatable bonds is 2. The zero-order valence-electron chi connectivity index (χ0n) is 7.72. The first kappa shape index (κ1) is 10.7. The molecule has 15 heavy (non-hydrogen) atoms. The maximum absolute atomic E-state index is 11.2. The van der Waals surface area contributed by atoms with Crippen LogP contribution in [-0.2, 0) is 4.79 Å². The van der Waals surface area contributed by atoms with Gasteiger partial charge in [-0.05, 0) is 6.92 Å². The summed E-state index contributed by atoms with van der Waals surface area (Å²) in [5, 5.41) is 17.2. The maximum Gasteiger partial charge on any atom is 0.329 e. The summed E-state index contributed by atoms with van der Waals surface area (Å²) < 4.78 is 0.780. The maximum atomic E-state index is 11.2. The normalized spacial score (nSPS) is 11.7. The molecular formula is C8H7N3O4. The number of aliphatic carboxylic acids is 1. The number of hydrogen-bond donors (Lipinski definition) is 2. The third-order valence-electron chi connectivity index (χ3n) is 1.86. The quantitative estimate of drug-likeness (QED) is 0.651. The van der Waals surface area contributed by atoms with Crippen molar-refractivity contribution in [3.8, 4) is 6.07 Å². The third-order valence-corrected chi connectivity index (χ3v) is 1.86. The summed E-state index contributed by atoms with van der Waals surface area (Å²) in [6, 6.07) is 0.423. The minimum Gasteiger partial charge on any atom is -0.480 e. The highest BCUT2D eigenvalue weighted by molar-refractivity contribution is 5.71. The van der Waals surface area contributed by atoms with Crippen molar-refractivity contribution in [3.63, 3.8) is 0 Å². The lowest BCUT2D eigenvalue weighted by molar-refractivity contribution is -0.140. The number of carboxylic acids is 1. The Morgan fingerprint density at radius 1 is 1.67 bits per heavy atom. The summed E-state index contributed by atoms with van der Waals surface area (Å²) in [6.45, 7) is 1.27. The molecule has 0 aliphatic carbocycles. The van der Waals surface area contributed by atoms with Crippen LogP contribution >= 0.6 is 0 Å². The van der Waals surface area contributed by atoms with Crippen LogP contribution in [0.5, 0.6) is 0 Å². The molecule has 0 spiro atoms. The molecule has 1 rings (SSSR count). The van der Waals surface area contributed by atoms with Gasteiger partial charge in [-0.3, -0.25) is 14.3 Å². The number of carbonyl (C=O) groups is 1. The summed E-state index contributed by atoms with van der Waals surface area (Å²) >= 11 is 0. The van der Waals surface area contributed by atoms with Crippen LogP contribution < -0.4 is 11.2 Å². The monoisotopic (exact) mass is 209 g/mol. The van der Waals surface area contributed by atoms with E-state index in [4.69, 9.17) is 10.4 Å². The second-order valence-electron chi connectivity index (χ2n) is 2.84. The molecule has 0 aliphatic rings. The first-order chi connectivity index (χ1) is 6.97. The van der Waals surface area contributed by atoms with Gasteiger partial charge >= 0.3 is 11.7 Å². The molecule has 0 radical (unpaired) electrons. The van der Waals surface area contributed by atoms with Crippen LogP contribution in [0.3, 0.4) is 0 Å². The first-order valence-electron chi connectivity index (χ1n) is 3.95. The lowest BCUT2D eigenvalue weighted by Crippen LogP contribution is -2.35. The van der Waals surface area contributed by atoms with Crippen LogP contribution in [0, 0.1) is 11.3 Å². The van der Waals surface area contributed by atoms with Crippen molar-refractivity contribution in [2.45, 2.75) is 13.0 Å². The zero-order valence-corrected chi connectivity index (χ0v) is 7.72. The number of nitrogens with zero attached hydrogens (tertiary/aromatic N) is 2. The molecule has 0 bridgehead atoms. The minimum absolute atomic E-state index is 0.303. The van der Waals surface area contributed by atoms with Crippen LogP contribution in [0.15, 0.2) is 15.8 Å². The Labute approximate surface area is 83.2 Å². The molecule has 1 heterocycles. The van der Waals surface area contributed by atoms with Crippen molar-refractivity contribution < 1.29 is 9.90 Å². The average molecular weight is 209 g/mol. The summed E-state index contributed by atoms with van der Waals surface area (Å²) in [4.78, 5) is 34.6. The van der Waals surface area contributed by atoms with E-state index in [9.17, 15) is 14.4 Å². The molecule has 0 unspecified atom stereocenters. The van der Waals surface area contributed by atoms with Gasteiger partial charge in [0.15, 0.2) is 0 Å². The van der Waals surface area contributed by atoms with E-state index in [2.05, 4.69) is 0 Å². The molecule has 0 aromatic carbocycles. The Balaban J connectivity index is 3.46. The van der Waals surface area contributed by atoms with Crippen LogP contribution in [0.25, 0.3) is 0 Å². The second-order valence-corrected chi connectivity index (χ2v) is 2.84. The highest BCUT2D eigenvalue weighted by Crippen LogP contribution is 2.00. The molecular weight excluding hydrogens is 202 g/mol. The third kappa shape index (κ3) is 1.94. The van der Waals surface area contributed by atoms with Gasteiger partial charge in [-0.25, -0.2) is 9.59 Å². The lowest BCUT2D eigenvalue weighted by atomic mass is 10.3. The van der Waals surface area contributed by atoms with Crippen molar-refractivity contribution in [2.75, 3.05) is 0 Å². The van der Waals surface area contributed by atoms with Crippen molar-refractivity contribution in [2.24, 2.45) is 0 Å². The molecule has 0 fully saturated rings. The van der Waals surface area contributed by atoms with Gasteiger partial charge in [0.05, 0.1) is 0 Å². The Kier molecular flexibility index (Phi) is 2.71. The highest BCUT2D eigenvalue weighted by atomic mass is 16.4. The fourth-order valence-corrected chi connectivity index (χ4v) is 0.972. The Morgan fingerprint density at radius 3 is 2.73 bits per heavy atom. The molecule has 7 nitrogen and oxygen atoms in total. The Morgan fingerprint density at radius 2 is 2.27 bits per heavy atom. The van der Waals surface area contributed by atoms with E-state index in [1.807, 2.05) is 4.98 Å². The predicted octanol–water partition coefficient (Wildman–Crippen LogP) is -0.946. The van der Waals surface area contributed by atoms with Gasteiger partial charge < -0.3 is 5.11 Å². The molecule has 1 atom stereocenters. The van der Waals surface area contributed by atoms with Crippen LogP contribution in [0.1, 0.15) is 18.5 Å². The van der Waals surface area contributed by atoms with Gasteiger partial charge in [-0.2, -0.15) is 5.26 Å². The summed E-state index contributed by atoms with van der Waals surface area (Å²) in [5.74, 6) is -1.23. The van der Waals surface area contributed by atoms with Crippen LogP contribution in [0.2, 0.25) is 0 Å². The smallest absolute Gasteiger partial charge is 0.329 e. The SMILES string of the molecule is C[C@@H](C(=O)O)n1cc(C#N)c(=O)[nH]c1=O. The molecule has 1 aromatic rings. The first-order valence-corrected chi connectivity index (χ1v) is 3.95. The van der Waals surface area contributed by atoms with E-state index in [1.54, 1.807) is 6.07 Å². The molecule has 78 valence electrons. The molecule has 0 saturated carbocycles. The van der Waals surface area contributed by atoms with Gasteiger partial charge in [-0.1, -0.05) is 0 Å². The topological polar surface area (TPSA) is 116 Å². The molecule has 7 heteroatoms. The molecule has 1 aromatic heterocycles. The molecule has 0 saturated heterocycles. The van der Waals surface area contributed by atoms with Gasteiger partial charge in [0.25, 0.3) is 5.56 Å². The predicted molar refractivity (Wildman–Crippen MR) is 48.4 cm³/mol. The van der Waals surface area contributed by atoms with E-state index in [0.717, 1.165) is 10.8 Å². The average Bonchev–Trinajstić information content (AvgIpc) is 2.17. The zero-order chi connectivity index (χ0) is 11.6. The van der Waals surface area contributed by atoms with Crippen LogP contribution in [-0.4, -0.2) is 20.6 Å². The number of carboxylic acid groups (broad SMARTS) is 1. The van der Waals surface area contributed by atoms with E-state index < -0.39 is 23.3 Å². The van der Waals surface area contributed by atoms with Crippen molar-refractivity contribution >= 4 is 5.97 Å². The van der Waals surface area contributed by atoms with Gasteiger partial charge in [0.2, 0.25) is 0 Å². The largest absolute Gasteiger partial charge is 0.480 e. The van der Waals surface area contributed by atoms with Gasteiger partial charge in [-0.15, -0.1) is 0 Å². The number of aromatic nitrogens is 2. The fraction of sp³-hybridized carbons (Fsp3) is 0.250. The van der Waals surface area contributed by atoms with Crippen molar-refractivity contribution in [1.29, 1.82) is 5.26 Å². The molecule has 2 N–H and O–H groups in total. The van der Waals surface area contributed by atoms with Gasteiger partial charge in [0, 0.05) is 6.20 Å². The van der Waals surface area contributed by atoms with Gasteiger partial charge in [0.1, 0.15) is 17.7 Å². The molecule has 0 amide bonds. The minimum atomic E-state index is -1.23. The van der Waals surface area contributed by atoms with Crippen molar-refractivity contribution in [1.82, 2.24) is 9.55 Å². The number of nitrogens with one attached hydrogen (secondary N) is 1.